The molecule has 0 amide bonds. The molecule has 0 aliphatic heterocycles. The van der Waals surface area contributed by atoms with Crippen LogP contribution in [0.4, 0.5) is 0 Å². The van der Waals surface area contributed by atoms with Gasteiger partial charge in [0, 0.05) is 19.3 Å². The van der Waals surface area contributed by atoms with Crippen molar-refractivity contribution in [2.75, 3.05) is 0 Å². The van der Waals surface area contributed by atoms with E-state index in [1.54, 1.807) is 6.92 Å². The van der Waals surface area contributed by atoms with Gasteiger partial charge in [0.2, 0.25) is 0 Å². The molecule has 0 saturated carbocycles. The van der Waals surface area contributed by atoms with Crippen LogP contribution in [0, 0.1) is 6.92 Å². The van der Waals surface area contributed by atoms with Crippen LogP contribution in [0.3, 0.4) is 0 Å². The van der Waals surface area contributed by atoms with Gasteiger partial charge in [-0.1, -0.05) is 42.8 Å². The molecular weight excluding hydrogens is 184 g/mol. The van der Waals surface area contributed by atoms with E-state index in [-0.39, 0.29) is 5.97 Å². The van der Waals surface area contributed by atoms with Crippen molar-refractivity contribution in [3.8, 4) is 0 Å². The fourth-order valence-electron chi connectivity index (χ4n) is 0.599. The highest BCUT2D eigenvalue weighted by Gasteiger charge is 1.89. The van der Waals surface area contributed by atoms with Gasteiger partial charge in [-0.15, -0.1) is 0 Å². The molecule has 0 heterocycles. The Labute approximate surface area is 84.5 Å². The Bertz CT molecular complexity index is 228. The number of thiol groups is 1. The van der Waals surface area contributed by atoms with E-state index in [1.807, 2.05) is 18.2 Å². The minimum absolute atomic E-state index is 0.293. The molecule has 0 aromatic heterocycles. The quantitative estimate of drug-likeness (QED) is 0.554. The molecule has 0 atom stereocenters. The van der Waals surface area contributed by atoms with Gasteiger partial charge >= 0.3 is 5.97 Å². The minimum atomic E-state index is -0.293. The second kappa shape index (κ2) is 7.68. The first-order chi connectivity index (χ1) is 6.20. The molecule has 0 saturated heterocycles. The Hall–Kier alpha value is -0.960. The summed E-state index contributed by atoms with van der Waals surface area (Å²) in [6.07, 6.45) is 0.392. The van der Waals surface area contributed by atoms with E-state index in [4.69, 9.17) is 0 Å². The van der Waals surface area contributed by atoms with Crippen molar-refractivity contribution in [3.05, 3.63) is 35.9 Å². The van der Waals surface area contributed by atoms with E-state index >= 15 is 0 Å². The van der Waals surface area contributed by atoms with Crippen LogP contribution in [0.5, 0.6) is 0 Å². The van der Waals surface area contributed by atoms with E-state index < -0.39 is 0 Å². The monoisotopic (exact) mass is 198 g/mol. The maximum absolute atomic E-state index is 9.88. The highest BCUT2D eigenvalue weighted by molar-refractivity contribution is 7.75. The minimum Gasteiger partial charge on any atom is -0.395 e. The summed E-state index contributed by atoms with van der Waals surface area (Å²) in [5.74, 6) is -0.293. The van der Waals surface area contributed by atoms with Crippen molar-refractivity contribution in [3.63, 3.8) is 0 Å². The van der Waals surface area contributed by atoms with Crippen LogP contribution >= 0.6 is 12.9 Å². The zero-order valence-corrected chi connectivity index (χ0v) is 8.75. The summed E-state index contributed by atoms with van der Waals surface area (Å²) in [7, 11) is 0. The highest BCUT2D eigenvalue weighted by Crippen LogP contribution is 1.92. The lowest BCUT2D eigenvalue weighted by Gasteiger charge is -1.84. The predicted octanol–water partition coefficient (Wildman–Crippen LogP) is 2.78. The summed E-state index contributed by atoms with van der Waals surface area (Å²) < 4.78 is 3.95. The molecule has 1 aromatic rings. The number of aryl methyl sites for hydroxylation is 1. The zero-order chi connectivity index (χ0) is 10.1. The van der Waals surface area contributed by atoms with Crippen LogP contribution in [-0.4, -0.2) is 5.97 Å². The topological polar surface area (TPSA) is 26.3 Å². The van der Waals surface area contributed by atoms with Crippen molar-refractivity contribution < 1.29 is 8.98 Å². The SMILES string of the molecule is CCC(=O)OS.Cc1ccccc1. The molecule has 0 aliphatic carbocycles. The van der Waals surface area contributed by atoms with Gasteiger partial charge in [-0.25, -0.2) is 0 Å². The standard InChI is InChI=1S/C7H8.C3H6O2S/c1-7-5-3-2-4-6-7;1-2-3(4)5-6/h2-6H,1H3;6H,2H2,1H3. The first kappa shape index (κ1) is 12.0. The van der Waals surface area contributed by atoms with Crippen molar-refractivity contribution >= 4 is 18.9 Å². The van der Waals surface area contributed by atoms with E-state index in [1.165, 1.54) is 5.56 Å². The van der Waals surface area contributed by atoms with Gasteiger partial charge in [-0.05, 0) is 6.92 Å². The van der Waals surface area contributed by atoms with Crippen molar-refractivity contribution in [1.82, 2.24) is 0 Å². The summed E-state index contributed by atoms with van der Waals surface area (Å²) in [5.41, 5.74) is 1.32. The third kappa shape index (κ3) is 7.40. The molecule has 13 heavy (non-hydrogen) atoms. The van der Waals surface area contributed by atoms with E-state index in [9.17, 15) is 4.79 Å². The zero-order valence-electron chi connectivity index (χ0n) is 7.86. The van der Waals surface area contributed by atoms with Crippen LogP contribution in [-0.2, 0) is 8.98 Å². The normalized spacial score (nSPS) is 8.23. The number of rotatable bonds is 1. The molecule has 0 radical (unpaired) electrons. The average molecular weight is 198 g/mol. The molecule has 3 heteroatoms. The second-order valence-corrected chi connectivity index (χ2v) is 2.65. The fraction of sp³-hybridized carbons (Fsp3) is 0.300. The number of benzene rings is 1. The summed E-state index contributed by atoms with van der Waals surface area (Å²) >= 11 is 3.25. The third-order valence-electron chi connectivity index (χ3n) is 1.33. The Morgan fingerprint density at radius 2 is 1.92 bits per heavy atom. The van der Waals surface area contributed by atoms with Gasteiger partial charge in [0.25, 0.3) is 0 Å². The van der Waals surface area contributed by atoms with Crippen LogP contribution in [0.1, 0.15) is 18.9 Å². The lowest BCUT2D eigenvalue weighted by atomic mass is 10.2. The summed E-state index contributed by atoms with van der Waals surface area (Å²) in [6, 6.07) is 10.3. The van der Waals surface area contributed by atoms with Crippen LogP contribution in [0.15, 0.2) is 30.3 Å². The van der Waals surface area contributed by atoms with Crippen molar-refractivity contribution in [2.24, 2.45) is 0 Å². The fourth-order valence-corrected chi connectivity index (χ4v) is 0.728. The number of hydrogen-bond donors (Lipinski definition) is 1. The summed E-state index contributed by atoms with van der Waals surface area (Å²) in [6.45, 7) is 3.79. The second-order valence-electron chi connectivity index (χ2n) is 2.47. The van der Waals surface area contributed by atoms with Gasteiger partial charge < -0.3 is 4.18 Å². The first-order valence-electron chi connectivity index (χ1n) is 4.06. The van der Waals surface area contributed by atoms with E-state index in [0.29, 0.717) is 6.42 Å². The number of hydrogen-bond acceptors (Lipinski definition) is 3. The molecule has 0 spiro atoms. The molecule has 1 rings (SSSR count). The van der Waals surface area contributed by atoms with Gasteiger partial charge in [-0.2, -0.15) is 0 Å². The molecule has 72 valence electrons. The maximum atomic E-state index is 9.88. The average Bonchev–Trinajstić information content (AvgIpc) is 2.19. The smallest absolute Gasteiger partial charge is 0.317 e. The molecule has 0 fully saturated rings. The molecule has 0 N–H and O–H groups in total. The van der Waals surface area contributed by atoms with Gasteiger partial charge in [0.1, 0.15) is 0 Å². The van der Waals surface area contributed by atoms with Crippen molar-refractivity contribution in [1.29, 1.82) is 0 Å². The van der Waals surface area contributed by atoms with Gasteiger partial charge in [-0.3, -0.25) is 4.79 Å². The third-order valence-corrected chi connectivity index (χ3v) is 1.53. The Balaban J connectivity index is 0.000000226. The predicted molar refractivity (Wildman–Crippen MR) is 56.5 cm³/mol. The van der Waals surface area contributed by atoms with Crippen LogP contribution < -0.4 is 0 Å². The first-order valence-corrected chi connectivity index (χ1v) is 4.43. The molecular formula is C10H14O2S. The van der Waals surface area contributed by atoms with Gasteiger partial charge in [0.05, 0.1) is 0 Å². The largest absolute Gasteiger partial charge is 0.395 e. The molecule has 0 aliphatic rings. The molecule has 0 bridgehead atoms. The lowest BCUT2D eigenvalue weighted by molar-refractivity contribution is -0.132. The molecule has 0 unspecified atom stereocenters. The Morgan fingerprint density at radius 3 is 2.08 bits per heavy atom. The molecule has 1 aromatic carbocycles. The van der Waals surface area contributed by atoms with E-state index in [2.05, 4.69) is 36.1 Å². The maximum Gasteiger partial charge on any atom is 0.317 e. The summed E-state index contributed by atoms with van der Waals surface area (Å²) in [5, 5.41) is 0. The number of carbonyl (C=O) groups is 1. The van der Waals surface area contributed by atoms with E-state index in [0.717, 1.165) is 0 Å². The van der Waals surface area contributed by atoms with Crippen molar-refractivity contribution in [2.45, 2.75) is 20.3 Å². The Kier molecular flexibility index (Phi) is 7.11. The number of carbonyl (C=O) groups excluding carboxylic acids is 1. The Morgan fingerprint density at radius 1 is 1.38 bits per heavy atom. The van der Waals surface area contributed by atoms with Crippen LogP contribution in [0.2, 0.25) is 0 Å². The summed E-state index contributed by atoms with van der Waals surface area (Å²) in [4.78, 5) is 9.88. The highest BCUT2D eigenvalue weighted by atomic mass is 32.1. The van der Waals surface area contributed by atoms with Gasteiger partial charge in [0.15, 0.2) is 0 Å². The molecule has 2 nitrogen and oxygen atoms in total. The lowest BCUT2D eigenvalue weighted by Crippen LogP contribution is -1.90. The van der Waals surface area contributed by atoms with Crippen LogP contribution in [0.25, 0.3) is 0 Å².